The smallest absolute Gasteiger partial charge is 0.416 e. The molecule has 2 aromatic carbocycles. The first-order valence-corrected chi connectivity index (χ1v) is 12.2. The Morgan fingerprint density at radius 2 is 1.61 bits per heavy atom. The number of carbonyl (C=O) groups is 2. The maximum absolute atomic E-state index is 12.8. The van der Waals surface area contributed by atoms with E-state index in [2.05, 4.69) is 10.3 Å². The molecule has 0 spiro atoms. The van der Waals surface area contributed by atoms with E-state index in [0.717, 1.165) is 23.3 Å². The minimum atomic E-state index is -4.39. The molecule has 1 amide bonds. The molecular weight excluding hydrogens is 497 g/mol. The normalized spacial score (nSPS) is 11.7. The second-order valence-electron chi connectivity index (χ2n) is 9.27. The quantitative estimate of drug-likeness (QED) is 0.342. The van der Waals surface area contributed by atoms with Crippen molar-refractivity contribution in [1.82, 2.24) is 10.3 Å². The number of esters is 1. The van der Waals surface area contributed by atoms with E-state index in [-0.39, 0.29) is 18.9 Å². The summed E-state index contributed by atoms with van der Waals surface area (Å²) in [5, 5.41) is 2.89. The van der Waals surface area contributed by atoms with Crippen molar-refractivity contribution in [3.05, 3.63) is 83.0 Å². The highest BCUT2D eigenvalue weighted by atomic mass is 19.4. The number of benzene rings is 2. The number of nitrogens with one attached hydrogen (secondary N) is 1. The zero-order valence-corrected chi connectivity index (χ0v) is 21.8. The molecule has 0 atom stereocenters. The van der Waals surface area contributed by atoms with Crippen molar-refractivity contribution in [2.75, 3.05) is 13.2 Å². The van der Waals surface area contributed by atoms with Crippen LogP contribution in [0, 0.1) is 6.92 Å². The number of rotatable bonds is 10. The Morgan fingerprint density at radius 3 is 2.18 bits per heavy atom. The summed E-state index contributed by atoms with van der Waals surface area (Å²) in [5.41, 5.74) is 1.66. The third-order valence-corrected chi connectivity index (χ3v) is 5.85. The van der Waals surface area contributed by atoms with Gasteiger partial charge in [0.15, 0.2) is 5.60 Å². The Hall–Kier alpha value is -3.88. The van der Waals surface area contributed by atoms with Gasteiger partial charge in [-0.2, -0.15) is 13.2 Å². The van der Waals surface area contributed by atoms with Crippen molar-refractivity contribution in [2.45, 2.75) is 52.3 Å². The molecule has 1 heterocycles. The number of aryl methyl sites for hydroxylation is 1. The van der Waals surface area contributed by atoms with Crippen LogP contribution >= 0.6 is 0 Å². The number of halogens is 3. The summed E-state index contributed by atoms with van der Waals surface area (Å²) in [6.07, 6.45) is -3.64. The van der Waals surface area contributed by atoms with Gasteiger partial charge in [-0.05, 0) is 75.6 Å². The molecule has 0 unspecified atom stereocenters. The van der Waals surface area contributed by atoms with Crippen molar-refractivity contribution in [2.24, 2.45) is 0 Å². The maximum atomic E-state index is 12.8. The minimum Gasteiger partial charge on any atom is -0.476 e. The number of hydrogen-bond donors (Lipinski definition) is 1. The van der Waals surface area contributed by atoms with Crippen LogP contribution in [0.4, 0.5) is 13.2 Å². The number of pyridine rings is 1. The van der Waals surface area contributed by atoms with Gasteiger partial charge >= 0.3 is 12.1 Å². The molecule has 0 fully saturated rings. The molecule has 0 saturated carbocycles. The zero-order chi connectivity index (χ0) is 27.9. The number of nitrogens with zero attached hydrogens (tertiary/aromatic N) is 1. The largest absolute Gasteiger partial charge is 0.476 e. The summed E-state index contributed by atoms with van der Waals surface area (Å²) in [5.74, 6) is -0.0571. The molecular formula is C29H31F3N2O4. The fourth-order valence-electron chi connectivity index (χ4n) is 3.71. The van der Waals surface area contributed by atoms with Gasteiger partial charge in [0.05, 0.1) is 24.3 Å². The Kier molecular flexibility index (Phi) is 9.14. The Bertz CT molecular complexity index is 1250. The number of ether oxygens (including phenoxy) is 2. The summed E-state index contributed by atoms with van der Waals surface area (Å²) in [6, 6.07) is 15.6. The number of aromatic nitrogens is 1. The van der Waals surface area contributed by atoms with Crippen LogP contribution in [0.5, 0.6) is 5.75 Å². The van der Waals surface area contributed by atoms with E-state index >= 15 is 0 Å². The molecule has 0 bridgehead atoms. The maximum Gasteiger partial charge on any atom is 0.416 e. The van der Waals surface area contributed by atoms with Gasteiger partial charge in [-0.25, -0.2) is 4.79 Å². The summed E-state index contributed by atoms with van der Waals surface area (Å²) in [6.45, 7) is 7.51. The second kappa shape index (κ2) is 12.1. The molecule has 202 valence electrons. The van der Waals surface area contributed by atoms with Gasteiger partial charge in [0.1, 0.15) is 5.75 Å². The summed E-state index contributed by atoms with van der Waals surface area (Å²) in [7, 11) is 0. The SMILES string of the molecule is CCOC(=O)C(C)(C)Oc1ccc(CCNC(=O)Cc2ccc(-c3ccc(C(F)(F)F)cc3)nc2C)cc1. The monoisotopic (exact) mass is 528 g/mol. The van der Waals surface area contributed by atoms with Gasteiger partial charge in [0, 0.05) is 17.8 Å². The third-order valence-electron chi connectivity index (χ3n) is 5.85. The second-order valence-corrected chi connectivity index (χ2v) is 9.27. The zero-order valence-electron chi connectivity index (χ0n) is 21.8. The molecule has 6 nitrogen and oxygen atoms in total. The van der Waals surface area contributed by atoms with Crippen molar-refractivity contribution in [3.8, 4) is 17.0 Å². The molecule has 38 heavy (non-hydrogen) atoms. The average molecular weight is 529 g/mol. The standard InChI is InChI=1S/C29H31F3N2O4/c1-5-37-27(36)28(3,4)38-24-13-6-20(7-14-24)16-17-33-26(35)18-22-10-15-25(34-19(22)2)21-8-11-23(12-9-21)29(30,31)32/h6-15H,5,16-18H2,1-4H3,(H,33,35). The van der Waals surface area contributed by atoms with Gasteiger partial charge < -0.3 is 14.8 Å². The van der Waals surface area contributed by atoms with Crippen molar-refractivity contribution in [1.29, 1.82) is 0 Å². The summed E-state index contributed by atoms with van der Waals surface area (Å²) >= 11 is 0. The lowest BCUT2D eigenvalue weighted by Crippen LogP contribution is -2.39. The Balaban J connectivity index is 1.50. The lowest BCUT2D eigenvalue weighted by atomic mass is 10.0. The highest BCUT2D eigenvalue weighted by Crippen LogP contribution is 2.31. The van der Waals surface area contributed by atoms with Crippen molar-refractivity contribution in [3.63, 3.8) is 0 Å². The minimum absolute atomic E-state index is 0.141. The Labute approximate surface area is 220 Å². The molecule has 9 heteroatoms. The number of carbonyl (C=O) groups excluding carboxylic acids is 2. The van der Waals surface area contributed by atoms with Crippen LogP contribution in [0.1, 0.15) is 43.2 Å². The molecule has 0 saturated heterocycles. The first kappa shape index (κ1) is 28.7. The molecule has 0 radical (unpaired) electrons. The predicted octanol–water partition coefficient (Wildman–Crippen LogP) is 5.70. The van der Waals surface area contributed by atoms with Crippen LogP contribution in [0.2, 0.25) is 0 Å². The van der Waals surface area contributed by atoms with Gasteiger partial charge in [0.2, 0.25) is 5.91 Å². The van der Waals surface area contributed by atoms with Crippen LogP contribution in [-0.2, 0) is 33.3 Å². The van der Waals surface area contributed by atoms with Gasteiger partial charge in [-0.15, -0.1) is 0 Å². The molecule has 0 aliphatic rings. The van der Waals surface area contributed by atoms with Crippen LogP contribution in [0.3, 0.4) is 0 Å². The van der Waals surface area contributed by atoms with Crippen LogP contribution < -0.4 is 10.1 Å². The van der Waals surface area contributed by atoms with Gasteiger partial charge in [-0.3, -0.25) is 9.78 Å². The van der Waals surface area contributed by atoms with E-state index in [9.17, 15) is 22.8 Å². The third kappa shape index (κ3) is 7.81. The van der Waals surface area contributed by atoms with E-state index < -0.39 is 23.3 Å². The number of alkyl halides is 3. The topological polar surface area (TPSA) is 77.5 Å². The van der Waals surface area contributed by atoms with Crippen molar-refractivity contribution >= 4 is 11.9 Å². The lowest BCUT2D eigenvalue weighted by molar-refractivity contribution is -0.158. The van der Waals surface area contributed by atoms with E-state index in [1.165, 1.54) is 12.1 Å². The molecule has 0 aliphatic carbocycles. The number of amides is 1. The lowest BCUT2D eigenvalue weighted by Gasteiger charge is -2.24. The average Bonchev–Trinajstić information content (AvgIpc) is 2.86. The highest BCUT2D eigenvalue weighted by molar-refractivity contribution is 5.79. The molecule has 3 rings (SSSR count). The van der Waals surface area contributed by atoms with Crippen LogP contribution in [0.15, 0.2) is 60.7 Å². The van der Waals surface area contributed by atoms with Crippen LogP contribution in [-0.4, -0.2) is 35.6 Å². The predicted molar refractivity (Wildman–Crippen MR) is 138 cm³/mol. The molecule has 1 N–H and O–H groups in total. The van der Waals surface area contributed by atoms with E-state index in [0.29, 0.717) is 35.7 Å². The molecule has 3 aromatic rings. The molecule has 0 aliphatic heterocycles. The Morgan fingerprint density at radius 1 is 0.947 bits per heavy atom. The molecule has 1 aromatic heterocycles. The number of hydrogen-bond acceptors (Lipinski definition) is 5. The summed E-state index contributed by atoms with van der Waals surface area (Å²) < 4.78 is 49.1. The highest BCUT2D eigenvalue weighted by Gasteiger charge is 2.31. The fraction of sp³-hybridized carbons (Fsp3) is 0.345. The first-order valence-electron chi connectivity index (χ1n) is 12.2. The fourth-order valence-corrected chi connectivity index (χ4v) is 3.71. The van der Waals surface area contributed by atoms with Crippen molar-refractivity contribution < 1.29 is 32.2 Å². The van der Waals surface area contributed by atoms with E-state index in [4.69, 9.17) is 9.47 Å². The summed E-state index contributed by atoms with van der Waals surface area (Å²) in [4.78, 5) is 28.9. The van der Waals surface area contributed by atoms with E-state index in [1.807, 2.05) is 12.1 Å². The van der Waals surface area contributed by atoms with Crippen LogP contribution in [0.25, 0.3) is 11.3 Å². The van der Waals surface area contributed by atoms with Gasteiger partial charge in [0.25, 0.3) is 0 Å². The van der Waals surface area contributed by atoms with E-state index in [1.54, 1.807) is 52.0 Å². The first-order chi connectivity index (χ1) is 17.9. The van der Waals surface area contributed by atoms with Gasteiger partial charge in [-0.1, -0.05) is 30.3 Å².